The van der Waals surface area contributed by atoms with E-state index in [-0.39, 0.29) is 11.7 Å². The Morgan fingerprint density at radius 3 is 2.50 bits per heavy atom. The van der Waals surface area contributed by atoms with Gasteiger partial charge in [0.05, 0.1) is 5.69 Å². The summed E-state index contributed by atoms with van der Waals surface area (Å²) in [6.45, 7) is 4.34. The molecule has 1 amide bonds. The summed E-state index contributed by atoms with van der Waals surface area (Å²) in [6.07, 6.45) is 0. The van der Waals surface area contributed by atoms with Crippen LogP contribution in [0.3, 0.4) is 0 Å². The molecule has 1 aliphatic heterocycles. The molecule has 0 radical (unpaired) electrons. The molecule has 2 heterocycles. The summed E-state index contributed by atoms with van der Waals surface area (Å²) < 4.78 is 14.0. The standard InChI is InChI=1S/C21H21FN4OS/c1-15-6-8-16(9-7-15)23-21-24-18(14-28-21)20(27)26-12-10-25(11-13-26)19-5-3-2-4-17(19)22/h2-9,14H,10-13H2,1H3,(H,23,24). The minimum atomic E-state index is -0.228. The van der Waals surface area contributed by atoms with Gasteiger partial charge in [-0.1, -0.05) is 29.8 Å². The fourth-order valence-corrected chi connectivity index (χ4v) is 3.91. The first-order valence-electron chi connectivity index (χ1n) is 9.18. The lowest BCUT2D eigenvalue weighted by molar-refractivity contribution is 0.0741. The van der Waals surface area contributed by atoms with E-state index in [1.54, 1.807) is 22.4 Å². The molecule has 0 bridgehead atoms. The average molecular weight is 396 g/mol. The SMILES string of the molecule is Cc1ccc(Nc2nc(C(=O)N3CCN(c4ccccc4F)CC3)cs2)cc1. The Morgan fingerprint density at radius 2 is 1.79 bits per heavy atom. The fourth-order valence-electron chi connectivity index (χ4n) is 3.21. The van der Waals surface area contributed by atoms with E-state index in [0.717, 1.165) is 5.69 Å². The second-order valence-electron chi connectivity index (χ2n) is 6.76. The Morgan fingerprint density at radius 1 is 1.07 bits per heavy atom. The largest absolute Gasteiger partial charge is 0.366 e. The van der Waals surface area contributed by atoms with Gasteiger partial charge in [0.2, 0.25) is 0 Å². The van der Waals surface area contributed by atoms with Gasteiger partial charge in [0.25, 0.3) is 5.91 Å². The first kappa shape index (κ1) is 18.4. The van der Waals surface area contributed by atoms with Crippen LogP contribution in [0.2, 0.25) is 0 Å². The smallest absolute Gasteiger partial charge is 0.273 e. The van der Waals surface area contributed by atoms with Crippen LogP contribution in [0.1, 0.15) is 16.1 Å². The number of hydrogen-bond donors (Lipinski definition) is 1. The van der Waals surface area contributed by atoms with Crippen molar-refractivity contribution in [2.75, 3.05) is 36.4 Å². The number of para-hydroxylation sites is 1. The van der Waals surface area contributed by atoms with Gasteiger partial charge in [-0.2, -0.15) is 0 Å². The van der Waals surface area contributed by atoms with E-state index < -0.39 is 0 Å². The van der Waals surface area contributed by atoms with Crippen LogP contribution in [0.25, 0.3) is 0 Å². The van der Waals surface area contributed by atoms with Crippen molar-refractivity contribution in [3.8, 4) is 0 Å². The fraction of sp³-hybridized carbons (Fsp3) is 0.238. The monoisotopic (exact) mass is 396 g/mol. The zero-order chi connectivity index (χ0) is 19.5. The molecule has 0 unspecified atom stereocenters. The van der Waals surface area contributed by atoms with Gasteiger partial charge in [0, 0.05) is 37.2 Å². The third kappa shape index (κ3) is 3.99. The van der Waals surface area contributed by atoms with Gasteiger partial charge in [-0.25, -0.2) is 9.37 Å². The number of anilines is 3. The van der Waals surface area contributed by atoms with E-state index in [0.29, 0.717) is 42.7 Å². The summed E-state index contributed by atoms with van der Waals surface area (Å²) in [4.78, 5) is 21.0. The molecule has 2 aromatic carbocycles. The number of aromatic nitrogens is 1. The molecule has 144 valence electrons. The second kappa shape index (κ2) is 7.98. The number of benzene rings is 2. The number of nitrogens with one attached hydrogen (secondary N) is 1. The van der Waals surface area contributed by atoms with Gasteiger partial charge in [-0.15, -0.1) is 11.3 Å². The number of aryl methyl sites for hydroxylation is 1. The van der Waals surface area contributed by atoms with Gasteiger partial charge in [0.1, 0.15) is 11.5 Å². The molecule has 7 heteroatoms. The molecule has 0 aliphatic carbocycles. The molecular formula is C21H21FN4OS. The topological polar surface area (TPSA) is 48.5 Å². The maximum Gasteiger partial charge on any atom is 0.273 e. The lowest BCUT2D eigenvalue weighted by Crippen LogP contribution is -2.49. The van der Waals surface area contributed by atoms with Crippen molar-refractivity contribution in [2.45, 2.75) is 6.92 Å². The van der Waals surface area contributed by atoms with E-state index in [9.17, 15) is 9.18 Å². The van der Waals surface area contributed by atoms with Crippen molar-refractivity contribution in [3.63, 3.8) is 0 Å². The van der Waals surface area contributed by atoms with Crippen molar-refractivity contribution >= 4 is 33.8 Å². The highest BCUT2D eigenvalue weighted by molar-refractivity contribution is 7.14. The Labute approximate surface area is 167 Å². The lowest BCUT2D eigenvalue weighted by Gasteiger charge is -2.35. The van der Waals surface area contributed by atoms with Gasteiger partial charge < -0.3 is 15.1 Å². The van der Waals surface area contributed by atoms with Crippen molar-refractivity contribution < 1.29 is 9.18 Å². The second-order valence-corrected chi connectivity index (χ2v) is 7.62. The van der Waals surface area contributed by atoms with Crippen LogP contribution in [-0.4, -0.2) is 42.0 Å². The van der Waals surface area contributed by atoms with Crippen LogP contribution in [0, 0.1) is 12.7 Å². The lowest BCUT2D eigenvalue weighted by atomic mass is 10.2. The van der Waals surface area contributed by atoms with Crippen LogP contribution >= 0.6 is 11.3 Å². The van der Waals surface area contributed by atoms with Gasteiger partial charge >= 0.3 is 0 Å². The minimum Gasteiger partial charge on any atom is -0.366 e. The Hall–Kier alpha value is -2.93. The number of rotatable bonds is 4. The third-order valence-electron chi connectivity index (χ3n) is 4.79. The average Bonchev–Trinajstić information content (AvgIpc) is 3.18. The predicted octanol–water partition coefficient (Wildman–Crippen LogP) is 4.30. The molecule has 1 aliphatic rings. The molecule has 0 atom stereocenters. The zero-order valence-electron chi connectivity index (χ0n) is 15.6. The first-order chi connectivity index (χ1) is 13.6. The number of hydrogen-bond acceptors (Lipinski definition) is 5. The molecule has 1 fully saturated rings. The number of carbonyl (C=O) groups is 1. The molecule has 0 spiro atoms. The van der Waals surface area contributed by atoms with Crippen LogP contribution in [-0.2, 0) is 0 Å². The molecular weight excluding hydrogens is 375 g/mol. The molecule has 0 saturated carbocycles. The van der Waals surface area contributed by atoms with Gasteiger partial charge in [0.15, 0.2) is 5.13 Å². The number of amides is 1. The molecule has 1 N–H and O–H groups in total. The van der Waals surface area contributed by atoms with Crippen molar-refractivity contribution in [1.82, 2.24) is 9.88 Å². The number of piperazine rings is 1. The van der Waals surface area contributed by atoms with E-state index in [4.69, 9.17) is 0 Å². The zero-order valence-corrected chi connectivity index (χ0v) is 16.4. The van der Waals surface area contributed by atoms with E-state index in [1.807, 2.05) is 42.2 Å². The van der Waals surface area contributed by atoms with Crippen LogP contribution in [0.15, 0.2) is 53.9 Å². The molecule has 1 saturated heterocycles. The summed E-state index contributed by atoms with van der Waals surface area (Å²) in [7, 11) is 0. The maximum absolute atomic E-state index is 14.0. The summed E-state index contributed by atoms with van der Waals surface area (Å²) in [6, 6.07) is 14.8. The third-order valence-corrected chi connectivity index (χ3v) is 5.54. The van der Waals surface area contributed by atoms with Crippen LogP contribution in [0.4, 0.5) is 20.9 Å². The Bertz CT molecular complexity index is 965. The van der Waals surface area contributed by atoms with Crippen molar-refractivity contribution in [3.05, 3.63) is 71.0 Å². The number of halogens is 1. The molecule has 3 aromatic rings. The molecule has 4 rings (SSSR count). The Kier molecular flexibility index (Phi) is 5.25. The highest BCUT2D eigenvalue weighted by atomic mass is 32.1. The van der Waals surface area contributed by atoms with Gasteiger partial charge in [-0.05, 0) is 31.2 Å². The highest BCUT2D eigenvalue weighted by Gasteiger charge is 2.25. The van der Waals surface area contributed by atoms with Gasteiger partial charge in [-0.3, -0.25) is 4.79 Å². The Balaban J connectivity index is 1.37. The van der Waals surface area contributed by atoms with Crippen LogP contribution < -0.4 is 10.2 Å². The molecule has 28 heavy (non-hydrogen) atoms. The van der Waals surface area contributed by atoms with E-state index >= 15 is 0 Å². The van der Waals surface area contributed by atoms with E-state index in [1.165, 1.54) is 23.0 Å². The first-order valence-corrected chi connectivity index (χ1v) is 10.1. The predicted molar refractivity (Wildman–Crippen MR) is 111 cm³/mol. The highest BCUT2D eigenvalue weighted by Crippen LogP contribution is 2.24. The number of carbonyl (C=O) groups excluding carboxylic acids is 1. The number of thiazole rings is 1. The normalized spacial score (nSPS) is 14.2. The van der Waals surface area contributed by atoms with Crippen molar-refractivity contribution in [2.24, 2.45) is 0 Å². The summed E-state index contributed by atoms with van der Waals surface area (Å²) in [5.41, 5.74) is 3.17. The maximum atomic E-state index is 14.0. The van der Waals surface area contributed by atoms with E-state index in [2.05, 4.69) is 10.3 Å². The summed E-state index contributed by atoms with van der Waals surface area (Å²) >= 11 is 1.41. The summed E-state index contributed by atoms with van der Waals surface area (Å²) in [5.74, 6) is -0.310. The van der Waals surface area contributed by atoms with Crippen molar-refractivity contribution in [1.29, 1.82) is 0 Å². The summed E-state index contributed by atoms with van der Waals surface area (Å²) in [5, 5.41) is 5.70. The molecule has 1 aromatic heterocycles. The molecule has 5 nitrogen and oxygen atoms in total. The van der Waals surface area contributed by atoms with Crippen LogP contribution in [0.5, 0.6) is 0 Å². The quantitative estimate of drug-likeness (QED) is 0.714. The number of nitrogens with zero attached hydrogens (tertiary/aromatic N) is 3. The minimum absolute atomic E-state index is 0.0820.